The summed E-state index contributed by atoms with van der Waals surface area (Å²) in [5, 5.41) is 15.8. The molecule has 0 saturated heterocycles. The van der Waals surface area contributed by atoms with E-state index in [1.165, 1.54) is 12.1 Å². The zero-order valence-corrected chi connectivity index (χ0v) is 16.1. The van der Waals surface area contributed by atoms with Gasteiger partial charge in [0, 0.05) is 30.9 Å². The maximum absolute atomic E-state index is 11.0. The molecule has 5 aromatic rings. The maximum atomic E-state index is 11.0. The number of imidazole rings is 1. The largest absolute Gasteiger partial charge is 0.327 e. The lowest BCUT2D eigenvalue weighted by Crippen LogP contribution is -1.94. The summed E-state index contributed by atoms with van der Waals surface area (Å²) in [4.78, 5) is 15.5. The predicted molar refractivity (Wildman–Crippen MR) is 115 cm³/mol. The van der Waals surface area contributed by atoms with E-state index >= 15 is 0 Å². The molecule has 0 atom stereocenters. The van der Waals surface area contributed by atoms with Crippen LogP contribution >= 0.6 is 0 Å². The summed E-state index contributed by atoms with van der Waals surface area (Å²) < 4.78 is 3.85. The Bertz CT molecular complexity index is 1370. The number of para-hydroxylation sites is 3. The van der Waals surface area contributed by atoms with Crippen molar-refractivity contribution >= 4 is 16.7 Å². The van der Waals surface area contributed by atoms with Crippen LogP contribution in [-0.4, -0.2) is 24.3 Å². The van der Waals surface area contributed by atoms with Crippen molar-refractivity contribution in [2.45, 2.75) is 0 Å². The van der Waals surface area contributed by atoms with Crippen LogP contribution in [0, 0.1) is 10.1 Å². The monoisotopic (exact) mass is 395 g/mol. The first kappa shape index (κ1) is 17.8. The highest BCUT2D eigenvalue weighted by Crippen LogP contribution is 2.33. The lowest BCUT2D eigenvalue weighted by molar-refractivity contribution is -0.384. The van der Waals surface area contributed by atoms with E-state index in [1.54, 1.807) is 12.1 Å². The number of benzene rings is 3. The Morgan fingerprint density at radius 2 is 1.60 bits per heavy atom. The van der Waals surface area contributed by atoms with Gasteiger partial charge in [0.1, 0.15) is 11.5 Å². The number of non-ortho nitro benzene ring substituents is 1. The van der Waals surface area contributed by atoms with Gasteiger partial charge in [0.25, 0.3) is 5.69 Å². The third kappa shape index (κ3) is 2.93. The third-order valence-electron chi connectivity index (χ3n) is 5.11. The molecule has 0 bridgehead atoms. The molecule has 0 amide bonds. The van der Waals surface area contributed by atoms with E-state index in [0.29, 0.717) is 5.69 Å². The molecule has 146 valence electrons. The van der Waals surface area contributed by atoms with Gasteiger partial charge in [-0.1, -0.05) is 30.3 Å². The Balaban J connectivity index is 1.73. The average molecular weight is 395 g/mol. The number of nitro benzene ring substituents is 1. The Morgan fingerprint density at radius 1 is 0.900 bits per heavy atom. The lowest BCUT2D eigenvalue weighted by Gasteiger charge is -2.03. The first-order chi connectivity index (χ1) is 14.6. The van der Waals surface area contributed by atoms with E-state index < -0.39 is 4.92 Å². The predicted octanol–water partition coefficient (Wildman–Crippen LogP) is 5.00. The van der Waals surface area contributed by atoms with Crippen LogP contribution in [0.3, 0.4) is 0 Å². The molecule has 3 aromatic carbocycles. The minimum atomic E-state index is -0.404. The second-order valence-electron chi connectivity index (χ2n) is 6.96. The molecule has 0 aliphatic carbocycles. The van der Waals surface area contributed by atoms with Gasteiger partial charge < -0.3 is 4.57 Å². The van der Waals surface area contributed by atoms with Gasteiger partial charge in [-0.15, -0.1) is 0 Å². The van der Waals surface area contributed by atoms with Crippen LogP contribution in [0.15, 0.2) is 85.1 Å². The highest BCUT2D eigenvalue weighted by Gasteiger charge is 2.20. The van der Waals surface area contributed by atoms with Gasteiger partial charge in [0.15, 0.2) is 0 Å². The van der Waals surface area contributed by atoms with Crippen molar-refractivity contribution in [2.75, 3.05) is 0 Å². The minimum Gasteiger partial charge on any atom is -0.327 e. The van der Waals surface area contributed by atoms with Gasteiger partial charge in [-0.2, -0.15) is 5.10 Å². The summed E-state index contributed by atoms with van der Waals surface area (Å²) in [6.07, 6.45) is 1.95. The maximum Gasteiger partial charge on any atom is 0.269 e. The van der Waals surface area contributed by atoms with Crippen LogP contribution in [0.4, 0.5) is 5.69 Å². The van der Waals surface area contributed by atoms with Crippen LogP contribution in [0.5, 0.6) is 0 Å². The molecule has 30 heavy (non-hydrogen) atoms. The highest BCUT2D eigenvalue weighted by molar-refractivity contribution is 5.85. The SMILES string of the molecule is Cn1c(-c2cn(-c3ccccc3)nc2-c2ccc([N+](=O)[O-])cc2)nc2ccccc21. The second kappa shape index (κ2) is 6.97. The van der Waals surface area contributed by atoms with E-state index in [9.17, 15) is 10.1 Å². The smallest absolute Gasteiger partial charge is 0.269 e. The molecule has 0 unspecified atom stereocenters. The molecule has 2 heterocycles. The molecule has 0 saturated carbocycles. The van der Waals surface area contributed by atoms with Crippen molar-refractivity contribution in [3.05, 3.63) is 95.2 Å². The number of hydrogen-bond donors (Lipinski definition) is 0. The fourth-order valence-corrected chi connectivity index (χ4v) is 3.59. The Morgan fingerprint density at radius 3 is 2.30 bits per heavy atom. The molecule has 0 aliphatic rings. The van der Waals surface area contributed by atoms with E-state index in [1.807, 2.05) is 77.1 Å². The summed E-state index contributed by atoms with van der Waals surface area (Å²) in [6, 6.07) is 24.2. The molecule has 0 radical (unpaired) electrons. The van der Waals surface area contributed by atoms with Crippen LogP contribution in [-0.2, 0) is 7.05 Å². The fourth-order valence-electron chi connectivity index (χ4n) is 3.59. The summed E-state index contributed by atoms with van der Waals surface area (Å²) >= 11 is 0. The molecule has 0 spiro atoms. The fraction of sp³-hybridized carbons (Fsp3) is 0.0435. The topological polar surface area (TPSA) is 78.8 Å². The van der Waals surface area contributed by atoms with Crippen LogP contribution in [0.1, 0.15) is 0 Å². The van der Waals surface area contributed by atoms with Gasteiger partial charge in [0.2, 0.25) is 0 Å². The van der Waals surface area contributed by atoms with Gasteiger partial charge in [0.05, 0.1) is 27.2 Å². The molecular formula is C23H17N5O2. The number of aromatic nitrogens is 4. The van der Waals surface area contributed by atoms with Gasteiger partial charge >= 0.3 is 0 Å². The first-order valence-corrected chi connectivity index (χ1v) is 9.43. The van der Waals surface area contributed by atoms with Gasteiger partial charge in [-0.25, -0.2) is 9.67 Å². The number of rotatable bonds is 4. The molecule has 2 aromatic heterocycles. The number of nitro groups is 1. The quantitative estimate of drug-likeness (QED) is 0.317. The number of fused-ring (bicyclic) bond motifs is 1. The standard InChI is InChI=1S/C23H17N5O2/c1-26-21-10-6-5-9-20(21)24-23(26)19-15-27(17-7-3-2-4-8-17)25-22(19)16-11-13-18(14-12-16)28(29)30/h2-15H,1H3. The van der Waals surface area contributed by atoms with Crippen molar-refractivity contribution in [3.63, 3.8) is 0 Å². The van der Waals surface area contributed by atoms with Gasteiger partial charge in [-0.3, -0.25) is 10.1 Å². The molecule has 0 N–H and O–H groups in total. The summed E-state index contributed by atoms with van der Waals surface area (Å²) in [5.74, 6) is 0.784. The summed E-state index contributed by atoms with van der Waals surface area (Å²) in [7, 11) is 1.98. The van der Waals surface area contributed by atoms with Gasteiger partial charge in [-0.05, 0) is 36.4 Å². The number of nitrogens with zero attached hydrogens (tertiary/aromatic N) is 5. The van der Waals surface area contributed by atoms with Crippen LogP contribution in [0.25, 0.3) is 39.4 Å². The Kier molecular flexibility index (Phi) is 4.14. The normalized spacial score (nSPS) is 11.1. The molecule has 7 nitrogen and oxygen atoms in total. The average Bonchev–Trinajstić information content (AvgIpc) is 3.36. The Hall–Kier alpha value is -4.26. The number of hydrogen-bond acceptors (Lipinski definition) is 4. The Labute approximate surface area is 172 Å². The van der Waals surface area contributed by atoms with Crippen LogP contribution < -0.4 is 0 Å². The second-order valence-corrected chi connectivity index (χ2v) is 6.96. The van der Waals surface area contributed by atoms with Crippen LogP contribution in [0.2, 0.25) is 0 Å². The first-order valence-electron chi connectivity index (χ1n) is 9.43. The molecule has 0 fully saturated rings. The summed E-state index contributed by atoms with van der Waals surface area (Å²) in [6.45, 7) is 0. The number of aryl methyl sites for hydroxylation is 1. The van der Waals surface area contributed by atoms with E-state index in [4.69, 9.17) is 10.1 Å². The zero-order valence-electron chi connectivity index (χ0n) is 16.1. The molecule has 7 heteroatoms. The molecule has 0 aliphatic heterocycles. The minimum absolute atomic E-state index is 0.0468. The third-order valence-corrected chi connectivity index (χ3v) is 5.11. The highest BCUT2D eigenvalue weighted by atomic mass is 16.6. The molecular weight excluding hydrogens is 378 g/mol. The lowest BCUT2D eigenvalue weighted by atomic mass is 10.1. The van der Waals surface area contributed by atoms with E-state index in [-0.39, 0.29) is 5.69 Å². The van der Waals surface area contributed by atoms with E-state index in [0.717, 1.165) is 33.7 Å². The van der Waals surface area contributed by atoms with Crippen molar-refractivity contribution < 1.29 is 4.92 Å². The van der Waals surface area contributed by atoms with Crippen molar-refractivity contribution in [1.29, 1.82) is 0 Å². The van der Waals surface area contributed by atoms with Crippen molar-refractivity contribution in [2.24, 2.45) is 7.05 Å². The van der Waals surface area contributed by atoms with Crippen molar-refractivity contribution in [1.82, 2.24) is 19.3 Å². The zero-order chi connectivity index (χ0) is 20.7. The molecule has 5 rings (SSSR count). The summed E-state index contributed by atoms with van der Waals surface area (Å²) in [5.41, 5.74) is 5.25. The van der Waals surface area contributed by atoms with Crippen molar-refractivity contribution in [3.8, 4) is 28.3 Å². The van der Waals surface area contributed by atoms with E-state index in [2.05, 4.69) is 0 Å².